The van der Waals surface area contributed by atoms with Crippen molar-refractivity contribution in [3.8, 4) is 0 Å². The second-order valence-corrected chi connectivity index (χ2v) is 26.2. The maximum absolute atomic E-state index is 7.64. The van der Waals surface area contributed by atoms with Crippen LogP contribution in [0.5, 0.6) is 0 Å². The average Bonchev–Trinajstić information content (AvgIpc) is 2.96. The molecule has 0 aromatic carbocycles. The summed E-state index contributed by atoms with van der Waals surface area (Å²) in [6.07, 6.45) is 9.05. The van der Waals surface area contributed by atoms with Crippen molar-refractivity contribution >= 4 is 41.8 Å². The molecule has 0 nitrogen and oxygen atoms in total. The van der Waals surface area contributed by atoms with E-state index in [1.807, 2.05) is 0 Å². The monoisotopic (exact) mass is 414 g/mol. The standard InChI is InChI=1S/C9H13.C5H5.C3H7.3ClH.H2Si.Ti/c1-6-5-7(2)9(4)8(6)3;1-2-4-5-3-1;1-3-2;;;;;/h6H,1-4H3;1-3H,4H2;1,3H2,2H3;3*1H;1H2;/q;;;;;;;+1/p-1. The summed E-state index contributed by atoms with van der Waals surface area (Å²) in [7, 11) is 9.83. The maximum Gasteiger partial charge on any atom is -0.147 e. The number of rotatable bonds is 4. The van der Waals surface area contributed by atoms with Gasteiger partial charge in [-0.05, 0) is 0 Å². The van der Waals surface area contributed by atoms with Gasteiger partial charge in [-0.15, -0.1) is 24.8 Å². The molecular formula is C17H29Cl3SiTi. The van der Waals surface area contributed by atoms with Gasteiger partial charge in [0.05, 0.1) is 0 Å². The Balaban J connectivity index is 0.00000220. The molecule has 0 heterocycles. The number of halogens is 3. The Bertz CT molecular complexity index is 640. The van der Waals surface area contributed by atoms with E-state index in [2.05, 4.69) is 60.5 Å². The molecule has 0 amide bonds. The molecule has 126 valence electrons. The van der Waals surface area contributed by atoms with Crippen LogP contribution in [0.4, 0.5) is 0 Å². The normalized spacial score (nSPS) is 21.8. The van der Waals surface area contributed by atoms with Crippen LogP contribution in [0.3, 0.4) is 0 Å². The quantitative estimate of drug-likeness (QED) is 0.483. The molecule has 0 aromatic heterocycles. The van der Waals surface area contributed by atoms with Crippen LogP contribution in [0, 0.1) is 5.92 Å². The molecule has 0 radical (unpaired) electrons. The molecule has 2 rings (SSSR count). The number of hydrogen-bond donors (Lipinski definition) is 0. The molecule has 0 bridgehead atoms. The van der Waals surface area contributed by atoms with Gasteiger partial charge in [0.1, 0.15) is 0 Å². The molecule has 2 aliphatic rings. The van der Waals surface area contributed by atoms with Crippen LogP contribution in [-0.4, -0.2) is 7.63 Å². The Labute approximate surface area is 154 Å². The van der Waals surface area contributed by atoms with Crippen molar-refractivity contribution in [2.24, 2.45) is 5.92 Å². The smallest absolute Gasteiger partial charge is 0.147 e. The summed E-state index contributed by atoms with van der Waals surface area (Å²) in [6, 6.07) is 0. The first-order valence-corrected chi connectivity index (χ1v) is 16.6. The molecular weight excluding hydrogens is 386 g/mol. The first-order valence-electron chi connectivity index (χ1n) is 7.73. The topological polar surface area (TPSA) is 0 Å². The van der Waals surface area contributed by atoms with Gasteiger partial charge in [-0.1, -0.05) is 0 Å². The molecule has 2 aliphatic carbocycles. The van der Waals surface area contributed by atoms with E-state index in [1.54, 1.807) is 7.76 Å². The zero-order chi connectivity index (χ0) is 15.2. The largest absolute Gasteiger partial charge is 0.147 e. The molecule has 1 unspecified atom stereocenters. The Hall–Kier alpha value is 0.761. The van der Waals surface area contributed by atoms with Crippen molar-refractivity contribution in [3.05, 3.63) is 42.7 Å². The summed E-state index contributed by atoms with van der Waals surface area (Å²) < 4.78 is 4.39. The number of hydrogen-bond acceptors (Lipinski definition) is 0. The van der Waals surface area contributed by atoms with Gasteiger partial charge >= 0.3 is 131 Å². The third-order valence-electron chi connectivity index (χ3n) is 5.54. The predicted molar refractivity (Wildman–Crippen MR) is 106 cm³/mol. The van der Waals surface area contributed by atoms with Gasteiger partial charge in [0.25, 0.3) is 0 Å². The van der Waals surface area contributed by atoms with Gasteiger partial charge in [-0.3, -0.25) is 0 Å². The van der Waals surface area contributed by atoms with E-state index < -0.39 is 13.0 Å². The third-order valence-corrected chi connectivity index (χ3v) is 21.5. The maximum atomic E-state index is 7.64. The fraction of sp³-hybridized carbons (Fsp3) is 0.529. The van der Waals surface area contributed by atoms with Crippen molar-refractivity contribution in [2.75, 3.05) is 0 Å². The van der Waals surface area contributed by atoms with Gasteiger partial charge in [-0.25, -0.2) is 0 Å². The van der Waals surface area contributed by atoms with E-state index in [0.717, 1.165) is 6.42 Å². The van der Waals surface area contributed by atoms with E-state index in [1.165, 1.54) is 27.9 Å². The Morgan fingerprint density at radius 1 is 1.23 bits per heavy atom. The second kappa shape index (κ2) is 7.76. The summed E-state index contributed by atoms with van der Waals surface area (Å²) in [5.74, 6) is 0.537. The number of allylic oxidation sites excluding steroid dienone is 8. The minimum atomic E-state index is -3.26. The summed E-state index contributed by atoms with van der Waals surface area (Å²) >= 11 is -3.26. The van der Waals surface area contributed by atoms with Crippen molar-refractivity contribution in [3.63, 3.8) is 0 Å². The van der Waals surface area contributed by atoms with Crippen LogP contribution in [-0.2, 0) is 13.0 Å². The fourth-order valence-electron chi connectivity index (χ4n) is 4.15. The molecule has 0 N–H and O–H groups in total. The Kier molecular flexibility index (Phi) is 8.03. The van der Waals surface area contributed by atoms with E-state index in [4.69, 9.17) is 9.30 Å². The first-order chi connectivity index (χ1) is 9.23. The van der Waals surface area contributed by atoms with E-state index in [0.29, 0.717) is 5.92 Å². The molecule has 0 saturated heterocycles. The summed E-state index contributed by atoms with van der Waals surface area (Å²) in [6.45, 7) is 11.5. The van der Waals surface area contributed by atoms with E-state index in [-0.39, 0.29) is 24.8 Å². The molecule has 0 aliphatic heterocycles. The second-order valence-electron chi connectivity index (χ2n) is 6.68. The molecule has 22 heavy (non-hydrogen) atoms. The zero-order valence-electron chi connectivity index (χ0n) is 14.3. The van der Waals surface area contributed by atoms with Gasteiger partial charge < -0.3 is 0 Å². The molecule has 0 aromatic rings. The van der Waals surface area contributed by atoms with Crippen LogP contribution in [0.1, 0.15) is 47.5 Å². The van der Waals surface area contributed by atoms with Gasteiger partial charge in [0.2, 0.25) is 0 Å². The van der Waals surface area contributed by atoms with E-state index in [9.17, 15) is 0 Å². The molecule has 0 fully saturated rings. The minimum Gasteiger partial charge on any atom is -0.147 e. The van der Waals surface area contributed by atoms with Gasteiger partial charge in [0.15, 0.2) is 0 Å². The Morgan fingerprint density at radius 3 is 2.18 bits per heavy atom. The average molecular weight is 416 g/mol. The Morgan fingerprint density at radius 2 is 1.82 bits per heavy atom. The SMILES string of the molecule is CC[CH2][Ti](=[SiH2])([Cl])([C]1=CC=CC1)[C]1=C(C)C(C)=C(C)C1C.Cl.Cl. The van der Waals surface area contributed by atoms with Crippen LogP contribution in [0.25, 0.3) is 0 Å². The fourth-order valence-corrected chi connectivity index (χ4v) is 19.9. The summed E-state index contributed by atoms with van der Waals surface area (Å²) in [5.41, 5.74) is 4.51. The predicted octanol–water partition coefficient (Wildman–Crippen LogP) is 6.15. The van der Waals surface area contributed by atoms with Gasteiger partial charge in [-0.2, -0.15) is 0 Å². The first kappa shape index (κ1) is 22.8. The van der Waals surface area contributed by atoms with Crippen molar-refractivity contribution in [1.82, 2.24) is 0 Å². The van der Waals surface area contributed by atoms with Gasteiger partial charge in [0, 0.05) is 0 Å². The van der Waals surface area contributed by atoms with Crippen LogP contribution in [0.2, 0.25) is 4.73 Å². The van der Waals surface area contributed by atoms with Crippen molar-refractivity contribution in [2.45, 2.75) is 52.2 Å². The zero-order valence-corrected chi connectivity index (χ0v) is 19.7. The summed E-state index contributed by atoms with van der Waals surface area (Å²) in [5, 5.41) is 0. The molecule has 0 spiro atoms. The van der Waals surface area contributed by atoms with Crippen molar-refractivity contribution < 1.29 is 13.0 Å². The van der Waals surface area contributed by atoms with Crippen LogP contribution < -0.4 is 0 Å². The van der Waals surface area contributed by atoms with E-state index >= 15 is 0 Å². The summed E-state index contributed by atoms with van der Waals surface area (Å²) in [4.78, 5) is 0. The molecule has 1 atom stereocenters. The molecule has 5 heteroatoms. The minimum absolute atomic E-state index is 0. The third kappa shape index (κ3) is 3.41. The van der Waals surface area contributed by atoms with Crippen LogP contribution >= 0.6 is 34.1 Å². The van der Waals surface area contributed by atoms with Crippen LogP contribution in [0.15, 0.2) is 42.7 Å². The van der Waals surface area contributed by atoms with Crippen molar-refractivity contribution in [1.29, 1.82) is 0 Å². The molecule has 0 saturated carbocycles.